The molecule has 0 aliphatic carbocycles. The molecule has 1 atom stereocenters. The van der Waals surface area contributed by atoms with Crippen LogP contribution in [0.2, 0.25) is 0 Å². The number of carbonyl (C=O) groups is 2. The van der Waals surface area contributed by atoms with Crippen LogP contribution in [0.15, 0.2) is 30.3 Å². The molecule has 7 heteroatoms. The molecule has 2 aromatic rings. The summed E-state index contributed by atoms with van der Waals surface area (Å²) in [4.78, 5) is 30.7. The van der Waals surface area contributed by atoms with E-state index in [-0.39, 0.29) is 11.8 Å². The van der Waals surface area contributed by atoms with Gasteiger partial charge in [0.15, 0.2) is 11.2 Å². The number of rotatable bonds is 6. The average Bonchev–Trinajstić information content (AvgIpc) is 2.92. The molecule has 1 unspecified atom stereocenters. The Morgan fingerprint density at radius 1 is 1.29 bits per heavy atom. The van der Waals surface area contributed by atoms with E-state index in [4.69, 9.17) is 4.74 Å². The van der Waals surface area contributed by atoms with Gasteiger partial charge in [-0.1, -0.05) is 36.5 Å². The number of benzene rings is 1. The van der Waals surface area contributed by atoms with Gasteiger partial charge in [-0.15, -0.1) is 0 Å². The minimum Gasteiger partial charge on any atom is -0.481 e. The molecule has 0 bridgehead atoms. The molecule has 6 nitrogen and oxygen atoms in total. The molecule has 2 rings (SSSR count). The highest BCUT2D eigenvalue weighted by Gasteiger charge is 2.22. The van der Waals surface area contributed by atoms with E-state index in [1.165, 1.54) is 16.2 Å². The number of anilines is 1. The van der Waals surface area contributed by atoms with Gasteiger partial charge in [0.2, 0.25) is 0 Å². The van der Waals surface area contributed by atoms with Crippen molar-refractivity contribution in [1.29, 1.82) is 0 Å². The third-order valence-corrected chi connectivity index (χ3v) is 4.37. The van der Waals surface area contributed by atoms with E-state index in [1.54, 1.807) is 33.2 Å². The topological polar surface area (TPSA) is 71.5 Å². The lowest BCUT2D eigenvalue weighted by Crippen LogP contribution is -2.32. The molecule has 128 valence electrons. The SMILES string of the molecule is CCC(Oc1ccccc1)C(=O)Nc1nc(C)c(C(=O)N(C)C)s1. The molecule has 1 aromatic heterocycles. The zero-order valence-electron chi connectivity index (χ0n) is 14.2. The van der Waals surface area contributed by atoms with Crippen molar-refractivity contribution in [2.24, 2.45) is 0 Å². The van der Waals surface area contributed by atoms with Crippen LogP contribution in [0.25, 0.3) is 0 Å². The quantitative estimate of drug-likeness (QED) is 0.872. The minimum atomic E-state index is -0.621. The molecule has 1 heterocycles. The Balaban J connectivity index is 2.08. The lowest BCUT2D eigenvalue weighted by atomic mass is 10.2. The molecular formula is C17H21N3O3S. The number of amides is 2. The van der Waals surface area contributed by atoms with Crippen LogP contribution in [0.3, 0.4) is 0 Å². The first-order chi connectivity index (χ1) is 11.4. The lowest BCUT2D eigenvalue weighted by molar-refractivity contribution is -0.122. The van der Waals surface area contributed by atoms with Gasteiger partial charge in [0.25, 0.3) is 11.8 Å². The molecular weight excluding hydrogens is 326 g/mol. The standard InChI is InChI=1S/C17H21N3O3S/c1-5-13(23-12-9-7-6-8-10-12)15(21)19-17-18-11(2)14(24-17)16(22)20(3)4/h6-10,13H,5H2,1-4H3,(H,18,19,21). The zero-order valence-corrected chi connectivity index (χ0v) is 15.0. The molecule has 0 aliphatic rings. The third kappa shape index (κ3) is 4.32. The van der Waals surface area contributed by atoms with Crippen molar-refractivity contribution in [3.05, 3.63) is 40.9 Å². The molecule has 0 radical (unpaired) electrons. The molecule has 0 spiro atoms. The van der Waals surface area contributed by atoms with Gasteiger partial charge in [-0.3, -0.25) is 14.9 Å². The molecule has 1 aromatic carbocycles. The van der Waals surface area contributed by atoms with Crippen LogP contribution in [0.1, 0.15) is 28.7 Å². The second-order valence-electron chi connectivity index (χ2n) is 5.45. The Kier molecular flexibility index (Phi) is 5.92. The second kappa shape index (κ2) is 7.92. The van der Waals surface area contributed by atoms with Gasteiger partial charge in [0.05, 0.1) is 5.69 Å². The summed E-state index contributed by atoms with van der Waals surface area (Å²) in [5.41, 5.74) is 0.603. The largest absolute Gasteiger partial charge is 0.481 e. The van der Waals surface area contributed by atoms with Crippen LogP contribution in [0.4, 0.5) is 5.13 Å². The van der Waals surface area contributed by atoms with E-state index in [9.17, 15) is 9.59 Å². The fourth-order valence-electron chi connectivity index (χ4n) is 2.02. The third-order valence-electron chi connectivity index (χ3n) is 3.31. The van der Waals surface area contributed by atoms with E-state index in [1.807, 2.05) is 25.1 Å². The first-order valence-electron chi connectivity index (χ1n) is 7.64. The molecule has 2 amide bonds. The van der Waals surface area contributed by atoms with Crippen molar-refractivity contribution in [2.75, 3.05) is 19.4 Å². The van der Waals surface area contributed by atoms with Gasteiger partial charge in [-0.25, -0.2) is 4.98 Å². The van der Waals surface area contributed by atoms with Crippen LogP contribution < -0.4 is 10.1 Å². The highest BCUT2D eigenvalue weighted by atomic mass is 32.1. The summed E-state index contributed by atoms with van der Waals surface area (Å²) in [6.07, 6.45) is -0.0983. The summed E-state index contributed by atoms with van der Waals surface area (Å²) >= 11 is 1.17. The fourth-order valence-corrected chi connectivity index (χ4v) is 3.01. The fraction of sp³-hybridized carbons (Fsp3) is 0.353. The van der Waals surface area contributed by atoms with Crippen molar-refractivity contribution in [3.8, 4) is 5.75 Å². The summed E-state index contributed by atoms with van der Waals surface area (Å²) in [6, 6.07) is 9.19. The van der Waals surface area contributed by atoms with E-state index in [0.29, 0.717) is 27.9 Å². The predicted molar refractivity (Wildman–Crippen MR) is 94.6 cm³/mol. The number of nitrogens with one attached hydrogen (secondary N) is 1. The average molecular weight is 347 g/mol. The van der Waals surface area contributed by atoms with Gasteiger partial charge in [0.1, 0.15) is 10.6 Å². The first-order valence-corrected chi connectivity index (χ1v) is 8.45. The summed E-state index contributed by atoms with van der Waals surface area (Å²) < 4.78 is 5.71. The highest BCUT2D eigenvalue weighted by Crippen LogP contribution is 2.24. The summed E-state index contributed by atoms with van der Waals surface area (Å²) in [7, 11) is 3.36. The van der Waals surface area contributed by atoms with Crippen molar-refractivity contribution in [1.82, 2.24) is 9.88 Å². The van der Waals surface area contributed by atoms with Gasteiger partial charge < -0.3 is 9.64 Å². The predicted octanol–water partition coefficient (Wildman–Crippen LogP) is 2.95. The summed E-state index contributed by atoms with van der Waals surface area (Å²) in [5.74, 6) is 0.232. The van der Waals surface area contributed by atoms with Crippen LogP contribution in [0.5, 0.6) is 5.75 Å². The maximum Gasteiger partial charge on any atom is 0.267 e. The van der Waals surface area contributed by atoms with Crippen molar-refractivity contribution >= 4 is 28.3 Å². The Bertz CT molecular complexity index is 713. The van der Waals surface area contributed by atoms with Crippen molar-refractivity contribution < 1.29 is 14.3 Å². The number of hydrogen-bond acceptors (Lipinski definition) is 5. The number of nitrogens with zero attached hydrogens (tertiary/aromatic N) is 2. The number of hydrogen-bond donors (Lipinski definition) is 1. The normalized spacial score (nSPS) is 11.7. The number of aromatic nitrogens is 1. The van der Waals surface area contributed by atoms with Crippen LogP contribution in [-0.2, 0) is 4.79 Å². The van der Waals surface area contributed by atoms with Gasteiger partial charge in [0, 0.05) is 14.1 Å². The Labute approximate surface area is 145 Å². The first kappa shape index (κ1) is 17.9. The number of carbonyl (C=O) groups excluding carboxylic acids is 2. The maximum absolute atomic E-state index is 12.4. The molecule has 0 aliphatic heterocycles. The van der Waals surface area contributed by atoms with Crippen LogP contribution in [-0.4, -0.2) is 41.9 Å². The number of ether oxygens (including phenoxy) is 1. The molecule has 0 saturated carbocycles. The molecule has 1 N–H and O–H groups in total. The van der Waals surface area contributed by atoms with E-state index in [0.717, 1.165) is 0 Å². The van der Waals surface area contributed by atoms with Gasteiger partial charge in [-0.05, 0) is 25.5 Å². The number of thiazole rings is 1. The van der Waals surface area contributed by atoms with Crippen LogP contribution >= 0.6 is 11.3 Å². The molecule has 0 saturated heterocycles. The van der Waals surface area contributed by atoms with Crippen LogP contribution in [0, 0.1) is 6.92 Å². The monoisotopic (exact) mass is 347 g/mol. The van der Waals surface area contributed by atoms with Gasteiger partial charge in [-0.2, -0.15) is 0 Å². The Morgan fingerprint density at radius 2 is 1.96 bits per heavy atom. The highest BCUT2D eigenvalue weighted by molar-refractivity contribution is 7.17. The second-order valence-corrected chi connectivity index (χ2v) is 6.45. The maximum atomic E-state index is 12.4. The van der Waals surface area contributed by atoms with E-state index < -0.39 is 6.10 Å². The van der Waals surface area contributed by atoms with Gasteiger partial charge >= 0.3 is 0 Å². The number of para-hydroxylation sites is 1. The minimum absolute atomic E-state index is 0.127. The Morgan fingerprint density at radius 3 is 2.54 bits per heavy atom. The number of aryl methyl sites for hydroxylation is 1. The zero-order chi connectivity index (χ0) is 17.7. The summed E-state index contributed by atoms with van der Waals surface area (Å²) in [5, 5.41) is 3.14. The molecule has 24 heavy (non-hydrogen) atoms. The van der Waals surface area contributed by atoms with E-state index >= 15 is 0 Å². The Hall–Kier alpha value is -2.41. The van der Waals surface area contributed by atoms with E-state index in [2.05, 4.69) is 10.3 Å². The van der Waals surface area contributed by atoms with Crippen molar-refractivity contribution in [2.45, 2.75) is 26.4 Å². The lowest BCUT2D eigenvalue weighted by Gasteiger charge is -2.16. The van der Waals surface area contributed by atoms with Crippen molar-refractivity contribution in [3.63, 3.8) is 0 Å². The molecule has 0 fully saturated rings. The summed E-state index contributed by atoms with van der Waals surface area (Å²) in [6.45, 7) is 3.63. The smallest absolute Gasteiger partial charge is 0.267 e.